The van der Waals surface area contributed by atoms with Crippen LogP contribution >= 0.6 is 0 Å². The Bertz CT molecular complexity index is 904. The van der Waals surface area contributed by atoms with Gasteiger partial charge in [0.25, 0.3) is 0 Å². The van der Waals surface area contributed by atoms with Crippen LogP contribution in [-0.2, 0) is 11.3 Å². The maximum atomic E-state index is 12.2. The first-order valence-electron chi connectivity index (χ1n) is 8.88. The number of ether oxygens (including phenoxy) is 3. The molecular formula is C21H24N2O5. The summed E-state index contributed by atoms with van der Waals surface area (Å²) in [4.78, 5) is 12.2. The summed E-state index contributed by atoms with van der Waals surface area (Å²) in [6.45, 7) is 0.641. The van der Waals surface area contributed by atoms with Gasteiger partial charge in [-0.05, 0) is 29.8 Å². The van der Waals surface area contributed by atoms with Gasteiger partial charge in [0.2, 0.25) is 0 Å². The molecule has 0 spiro atoms. The molecule has 3 rings (SSSR count). The molecule has 2 amide bonds. The predicted molar refractivity (Wildman–Crippen MR) is 106 cm³/mol. The number of methoxy groups -OCH3 is 3. The summed E-state index contributed by atoms with van der Waals surface area (Å²) in [7, 11) is 4.74. The summed E-state index contributed by atoms with van der Waals surface area (Å²) in [5.41, 5.74) is 1.69. The molecule has 3 aromatic rings. The third kappa shape index (κ3) is 4.55. The number of urea groups is 1. The predicted octanol–water partition coefficient (Wildman–Crippen LogP) is 3.64. The van der Waals surface area contributed by atoms with E-state index in [1.54, 1.807) is 27.4 Å². The molecule has 0 bridgehead atoms. The highest BCUT2D eigenvalue weighted by Crippen LogP contribution is 2.27. The molecule has 0 aliphatic rings. The van der Waals surface area contributed by atoms with Gasteiger partial charge >= 0.3 is 6.03 Å². The number of carbonyl (C=O) groups excluding carboxylic acids is 1. The van der Waals surface area contributed by atoms with Crippen LogP contribution in [-0.4, -0.2) is 33.9 Å². The molecule has 0 radical (unpaired) electrons. The van der Waals surface area contributed by atoms with E-state index in [-0.39, 0.29) is 18.7 Å². The molecule has 0 unspecified atom stereocenters. The first kappa shape index (κ1) is 19.6. The second-order valence-electron chi connectivity index (χ2n) is 6.16. The Morgan fingerprint density at radius 2 is 1.79 bits per heavy atom. The topological polar surface area (TPSA) is 82.0 Å². The Hall–Kier alpha value is -3.19. The minimum absolute atomic E-state index is 0.286. The van der Waals surface area contributed by atoms with Crippen molar-refractivity contribution < 1.29 is 23.4 Å². The van der Waals surface area contributed by atoms with Crippen LogP contribution in [0.5, 0.6) is 11.5 Å². The summed E-state index contributed by atoms with van der Waals surface area (Å²) in [5, 5.41) is 6.62. The minimum Gasteiger partial charge on any atom is -0.493 e. The van der Waals surface area contributed by atoms with Crippen molar-refractivity contribution in [3.8, 4) is 11.5 Å². The van der Waals surface area contributed by atoms with Gasteiger partial charge in [-0.3, -0.25) is 0 Å². The van der Waals surface area contributed by atoms with Gasteiger partial charge in [0, 0.05) is 19.0 Å². The highest BCUT2D eigenvalue weighted by molar-refractivity contribution is 5.78. The van der Waals surface area contributed by atoms with E-state index in [1.807, 2.05) is 42.5 Å². The van der Waals surface area contributed by atoms with Crippen molar-refractivity contribution in [2.24, 2.45) is 0 Å². The Balaban J connectivity index is 1.54. The number of hydrogen-bond acceptors (Lipinski definition) is 5. The SMILES string of the molecule is COc1ccc(CNC(=O)NC[C@@H](OC)c2cc3ccccc3o2)cc1OC. The average Bonchev–Trinajstić information content (AvgIpc) is 3.16. The van der Waals surface area contributed by atoms with Crippen LogP contribution in [0.4, 0.5) is 4.79 Å². The lowest BCUT2D eigenvalue weighted by Gasteiger charge is -2.15. The third-order valence-corrected chi connectivity index (χ3v) is 4.40. The van der Waals surface area contributed by atoms with E-state index in [9.17, 15) is 4.79 Å². The molecule has 0 fully saturated rings. The van der Waals surface area contributed by atoms with Crippen LogP contribution < -0.4 is 20.1 Å². The molecule has 1 aromatic heterocycles. The van der Waals surface area contributed by atoms with E-state index in [2.05, 4.69) is 10.6 Å². The van der Waals surface area contributed by atoms with E-state index < -0.39 is 0 Å². The van der Waals surface area contributed by atoms with Crippen LogP contribution in [0.15, 0.2) is 52.9 Å². The summed E-state index contributed by atoms with van der Waals surface area (Å²) in [5.74, 6) is 1.93. The summed E-state index contributed by atoms with van der Waals surface area (Å²) < 4.78 is 21.8. The highest BCUT2D eigenvalue weighted by atomic mass is 16.5. The molecular weight excluding hydrogens is 360 g/mol. The average molecular weight is 384 g/mol. The molecule has 2 N–H and O–H groups in total. The zero-order valence-electron chi connectivity index (χ0n) is 16.2. The number of benzene rings is 2. The van der Waals surface area contributed by atoms with Crippen LogP contribution in [0, 0.1) is 0 Å². The van der Waals surface area contributed by atoms with Gasteiger partial charge in [0.1, 0.15) is 17.4 Å². The standard InChI is InChI=1S/C21H24N2O5/c1-25-17-9-8-14(10-18(17)26-2)12-22-21(24)23-13-20(27-3)19-11-15-6-4-5-7-16(15)28-19/h4-11,20H,12-13H2,1-3H3,(H2,22,23,24)/t20-/m1/s1. The molecule has 1 atom stereocenters. The second kappa shape index (κ2) is 9.14. The molecule has 7 nitrogen and oxygen atoms in total. The van der Waals surface area contributed by atoms with E-state index in [4.69, 9.17) is 18.6 Å². The van der Waals surface area contributed by atoms with Crippen molar-refractivity contribution in [2.75, 3.05) is 27.9 Å². The number of furan rings is 1. The normalized spacial score (nSPS) is 11.8. The number of hydrogen-bond donors (Lipinski definition) is 2. The van der Waals surface area contributed by atoms with Gasteiger partial charge in [-0.25, -0.2) is 4.79 Å². The van der Waals surface area contributed by atoms with E-state index >= 15 is 0 Å². The molecule has 0 saturated carbocycles. The lowest BCUT2D eigenvalue weighted by molar-refractivity contribution is 0.0865. The Kier molecular flexibility index (Phi) is 6.39. The van der Waals surface area contributed by atoms with Gasteiger partial charge in [0.05, 0.1) is 20.8 Å². The third-order valence-electron chi connectivity index (χ3n) is 4.40. The largest absolute Gasteiger partial charge is 0.493 e. The fourth-order valence-electron chi connectivity index (χ4n) is 2.88. The fraction of sp³-hybridized carbons (Fsp3) is 0.286. The van der Waals surface area contributed by atoms with Crippen molar-refractivity contribution >= 4 is 17.0 Å². The maximum Gasteiger partial charge on any atom is 0.315 e. The summed E-state index contributed by atoms with van der Waals surface area (Å²) in [6, 6.07) is 14.9. The smallest absolute Gasteiger partial charge is 0.315 e. The second-order valence-corrected chi connectivity index (χ2v) is 6.16. The minimum atomic E-state index is -0.376. The van der Waals surface area contributed by atoms with E-state index in [0.717, 1.165) is 16.5 Å². The molecule has 28 heavy (non-hydrogen) atoms. The fourth-order valence-corrected chi connectivity index (χ4v) is 2.88. The molecule has 1 heterocycles. The molecule has 0 aliphatic heterocycles. The van der Waals surface area contributed by atoms with Crippen molar-refractivity contribution in [3.63, 3.8) is 0 Å². The maximum absolute atomic E-state index is 12.2. The van der Waals surface area contributed by atoms with Gasteiger partial charge in [-0.15, -0.1) is 0 Å². The lowest BCUT2D eigenvalue weighted by Crippen LogP contribution is -2.37. The Morgan fingerprint density at radius 3 is 2.50 bits per heavy atom. The van der Waals surface area contributed by atoms with Crippen LogP contribution in [0.1, 0.15) is 17.4 Å². The number of para-hydroxylation sites is 1. The number of amides is 2. The highest BCUT2D eigenvalue weighted by Gasteiger charge is 2.17. The summed E-state index contributed by atoms with van der Waals surface area (Å²) in [6.07, 6.45) is -0.376. The van der Waals surface area contributed by atoms with E-state index in [1.165, 1.54) is 0 Å². The first-order valence-corrected chi connectivity index (χ1v) is 8.88. The van der Waals surface area contributed by atoms with Gasteiger partial charge in [0.15, 0.2) is 11.5 Å². The van der Waals surface area contributed by atoms with Crippen LogP contribution in [0.25, 0.3) is 11.0 Å². The molecule has 148 valence electrons. The van der Waals surface area contributed by atoms with E-state index in [0.29, 0.717) is 23.8 Å². The van der Waals surface area contributed by atoms with Crippen LogP contribution in [0.3, 0.4) is 0 Å². The zero-order valence-corrected chi connectivity index (χ0v) is 16.2. The first-order chi connectivity index (χ1) is 13.6. The molecule has 0 aliphatic carbocycles. The quantitative estimate of drug-likeness (QED) is 0.620. The van der Waals surface area contributed by atoms with Crippen molar-refractivity contribution in [2.45, 2.75) is 12.6 Å². The number of carbonyl (C=O) groups is 1. The van der Waals surface area contributed by atoms with Crippen LogP contribution in [0.2, 0.25) is 0 Å². The van der Waals surface area contributed by atoms with Gasteiger partial charge < -0.3 is 29.3 Å². The zero-order chi connectivity index (χ0) is 19.9. The Labute approximate surface area is 163 Å². The number of nitrogens with one attached hydrogen (secondary N) is 2. The van der Waals surface area contributed by atoms with Crippen molar-refractivity contribution in [1.29, 1.82) is 0 Å². The lowest BCUT2D eigenvalue weighted by atomic mass is 10.2. The number of rotatable bonds is 8. The van der Waals surface area contributed by atoms with Crippen molar-refractivity contribution in [3.05, 3.63) is 59.9 Å². The van der Waals surface area contributed by atoms with Gasteiger partial charge in [-0.2, -0.15) is 0 Å². The Morgan fingerprint density at radius 1 is 1.00 bits per heavy atom. The molecule has 2 aromatic carbocycles. The summed E-state index contributed by atoms with van der Waals surface area (Å²) >= 11 is 0. The monoisotopic (exact) mass is 384 g/mol. The number of fused-ring (bicyclic) bond motifs is 1. The molecule has 7 heteroatoms. The van der Waals surface area contributed by atoms with Gasteiger partial charge in [-0.1, -0.05) is 24.3 Å². The van der Waals surface area contributed by atoms with Crippen molar-refractivity contribution in [1.82, 2.24) is 10.6 Å². The molecule has 0 saturated heterocycles.